The largest absolute Gasteiger partial charge is 0.460 e. The molecular formula is C14H24O2. The van der Waals surface area contributed by atoms with Gasteiger partial charge in [0.05, 0.1) is 0 Å². The Morgan fingerprint density at radius 3 is 2.25 bits per heavy atom. The molecule has 0 fully saturated rings. The van der Waals surface area contributed by atoms with Crippen molar-refractivity contribution in [1.82, 2.24) is 0 Å². The number of ether oxygens (including phenoxy) is 1. The number of hydrogen-bond acceptors (Lipinski definition) is 2. The molecule has 0 radical (unpaired) electrons. The molecule has 0 rings (SSSR count). The minimum Gasteiger partial charge on any atom is -0.460 e. The topological polar surface area (TPSA) is 26.3 Å². The molecule has 92 valence electrons. The van der Waals surface area contributed by atoms with Gasteiger partial charge in [-0.25, -0.2) is 0 Å². The molecule has 0 aromatic carbocycles. The second kappa shape index (κ2) is 8.21. The second-order valence-electron chi connectivity index (χ2n) is 5.06. The van der Waals surface area contributed by atoms with Crippen molar-refractivity contribution in [2.75, 3.05) is 0 Å². The highest BCUT2D eigenvalue weighted by Crippen LogP contribution is 2.11. The first kappa shape index (κ1) is 15.0. The molecule has 0 spiro atoms. The van der Waals surface area contributed by atoms with Crippen LogP contribution >= 0.6 is 0 Å². The lowest BCUT2D eigenvalue weighted by molar-refractivity contribution is -0.154. The van der Waals surface area contributed by atoms with Crippen LogP contribution in [0.25, 0.3) is 0 Å². The number of hydrogen-bond donors (Lipinski definition) is 0. The maximum atomic E-state index is 11.3. The maximum Gasteiger partial charge on any atom is 0.306 e. The first-order valence-corrected chi connectivity index (χ1v) is 6.11. The van der Waals surface area contributed by atoms with Crippen LogP contribution in [-0.4, -0.2) is 11.6 Å². The van der Waals surface area contributed by atoms with Crippen molar-refractivity contribution in [3.05, 3.63) is 0 Å². The highest BCUT2D eigenvalue weighted by atomic mass is 16.6. The Balaban J connectivity index is 3.32. The van der Waals surface area contributed by atoms with Crippen LogP contribution in [0.15, 0.2) is 0 Å². The van der Waals surface area contributed by atoms with Gasteiger partial charge in [0.2, 0.25) is 0 Å². The summed E-state index contributed by atoms with van der Waals surface area (Å²) >= 11 is 0. The number of carbonyl (C=O) groups excluding carboxylic acids is 1. The zero-order valence-corrected chi connectivity index (χ0v) is 10.8. The van der Waals surface area contributed by atoms with Crippen molar-refractivity contribution < 1.29 is 9.53 Å². The van der Waals surface area contributed by atoms with E-state index < -0.39 is 0 Å². The average Bonchev–Trinajstić information content (AvgIpc) is 2.13. The van der Waals surface area contributed by atoms with Gasteiger partial charge in [0.15, 0.2) is 0 Å². The Kier molecular flexibility index (Phi) is 7.72. The summed E-state index contributed by atoms with van der Waals surface area (Å²) in [6.45, 7) is 5.68. The van der Waals surface area contributed by atoms with Gasteiger partial charge in [0, 0.05) is 12.8 Å². The normalized spacial score (nSPS) is 10.9. The third-order valence-electron chi connectivity index (χ3n) is 2.12. The van der Waals surface area contributed by atoms with Gasteiger partial charge in [-0.05, 0) is 33.6 Å². The number of rotatable bonds is 7. The third-order valence-corrected chi connectivity index (χ3v) is 2.12. The Labute approximate surface area is 99.8 Å². The van der Waals surface area contributed by atoms with E-state index in [1.165, 1.54) is 6.42 Å². The molecule has 0 atom stereocenters. The molecule has 2 heteroatoms. The first-order chi connectivity index (χ1) is 7.45. The van der Waals surface area contributed by atoms with Crippen molar-refractivity contribution >= 4 is 5.97 Å². The summed E-state index contributed by atoms with van der Waals surface area (Å²) in [5, 5.41) is 0. The number of esters is 1. The van der Waals surface area contributed by atoms with Gasteiger partial charge in [-0.1, -0.05) is 19.3 Å². The van der Waals surface area contributed by atoms with Gasteiger partial charge in [-0.3, -0.25) is 4.79 Å². The molecule has 0 aliphatic heterocycles. The molecule has 0 unspecified atom stereocenters. The van der Waals surface area contributed by atoms with Crippen molar-refractivity contribution in [3.8, 4) is 12.3 Å². The molecule has 16 heavy (non-hydrogen) atoms. The molecule has 0 bridgehead atoms. The molecule has 2 nitrogen and oxygen atoms in total. The molecule has 0 aromatic heterocycles. The van der Waals surface area contributed by atoms with Crippen LogP contribution in [0, 0.1) is 12.3 Å². The second-order valence-corrected chi connectivity index (χ2v) is 5.06. The van der Waals surface area contributed by atoms with Gasteiger partial charge in [0.25, 0.3) is 0 Å². The molecule has 0 amide bonds. The van der Waals surface area contributed by atoms with Gasteiger partial charge >= 0.3 is 5.97 Å². The minimum atomic E-state index is -0.357. The van der Waals surface area contributed by atoms with Crippen LogP contribution in [0.1, 0.15) is 65.7 Å². The van der Waals surface area contributed by atoms with E-state index in [0.29, 0.717) is 6.42 Å². The van der Waals surface area contributed by atoms with Crippen molar-refractivity contribution in [2.24, 2.45) is 0 Å². The molecule has 0 aromatic rings. The van der Waals surface area contributed by atoms with E-state index in [2.05, 4.69) is 5.92 Å². The fourth-order valence-corrected chi connectivity index (χ4v) is 1.42. The quantitative estimate of drug-likeness (QED) is 0.374. The standard InChI is InChI=1S/C14H24O2/c1-5-6-7-8-9-10-11-12-13(15)16-14(2,3)4/h1H,6-12H2,2-4H3. The van der Waals surface area contributed by atoms with E-state index >= 15 is 0 Å². The van der Waals surface area contributed by atoms with Crippen LogP contribution in [-0.2, 0) is 9.53 Å². The third kappa shape index (κ3) is 11.1. The van der Waals surface area contributed by atoms with Crippen molar-refractivity contribution in [3.63, 3.8) is 0 Å². The monoisotopic (exact) mass is 224 g/mol. The summed E-state index contributed by atoms with van der Waals surface area (Å²) in [6, 6.07) is 0. The van der Waals surface area contributed by atoms with Gasteiger partial charge in [-0.15, -0.1) is 12.3 Å². The zero-order valence-electron chi connectivity index (χ0n) is 10.8. The summed E-state index contributed by atoms with van der Waals surface area (Å²) in [5.74, 6) is 2.54. The highest BCUT2D eigenvalue weighted by Gasteiger charge is 2.15. The smallest absolute Gasteiger partial charge is 0.306 e. The Morgan fingerprint density at radius 2 is 1.69 bits per heavy atom. The minimum absolute atomic E-state index is 0.0869. The van der Waals surface area contributed by atoms with E-state index in [-0.39, 0.29) is 11.6 Å². The average molecular weight is 224 g/mol. The maximum absolute atomic E-state index is 11.3. The summed E-state index contributed by atoms with van der Waals surface area (Å²) in [4.78, 5) is 11.3. The van der Waals surface area contributed by atoms with Crippen LogP contribution in [0.2, 0.25) is 0 Å². The molecule has 0 N–H and O–H groups in total. The number of carbonyl (C=O) groups is 1. The molecule has 0 saturated carbocycles. The van der Waals surface area contributed by atoms with E-state index in [9.17, 15) is 4.79 Å². The Morgan fingerprint density at radius 1 is 1.12 bits per heavy atom. The lowest BCUT2D eigenvalue weighted by Crippen LogP contribution is -2.23. The van der Waals surface area contributed by atoms with Crippen LogP contribution in [0.5, 0.6) is 0 Å². The lowest BCUT2D eigenvalue weighted by Gasteiger charge is -2.19. The predicted molar refractivity (Wildman–Crippen MR) is 67.0 cm³/mol. The Hall–Kier alpha value is -0.970. The summed E-state index contributed by atoms with van der Waals surface area (Å²) in [6.07, 6.45) is 12.0. The predicted octanol–water partition coefficient (Wildman–Crippen LogP) is 3.69. The molecule has 0 heterocycles. The SMILES string of the molecule is C#CCCCCCCCC(=O)OC(C)(C)C. The zero-order chi connectivity index (χ0) is 12.4. The summed E-state index contributed by atoms with van der Waals surface area (Å²) in [7, 11) is 0. The van der Waals surface area contributed by atoms with Crippen LogP contribution < -0.4 is 0 Å². The van der Waals surface area contributed by atoms with E-state index in [1.54, 1.807) is 0 Å². The molecule has 0 saturated heterocycles. The highest BCUT2D eigenvalue weighted by molar-refractivity contribution is 5.69. The van der Waals surface area contributed by atoms with Crippen molar-refractivity contribution in [1.29, 1.82) is 0 Å². The molecule has 0 aliphatic carbocycles. The lowest BCUT2D eigenvalue weighted by atomic mass is 10.1. The van der Waals surface area contributed by atoms with Crippen LogP contribution in [0.4, 0.5) is 0 Å². The summed E-state index contributed by atoms with van der Waals surface area (Å²) in [5.41, 5.74) is -0.357. The summed E-state index contributed by atoms with van der Waals surface area (Å²) < 4.78 is 5.22. The van der Waals surface area contributed by atoms with Crippen LogP contribution in [0.3, 0.4) is 0 Å². The number of terminal acetylenes is 1. The van der Waals surface area contributed by atoms with E-state index in [0.717, 1.165) is 32.1 Å². The van der Waals surface area contributed by atoms with E-state index in [4.69, 9.17) is 11.2 Å². The first-order valence-electron chi connectivity index (χ1n) is 6.11. The fourth-order valence-electron chi connectivity index (χ4n) is 1.42. The van der Waals surface area contributed by atoms with Crippen molar-refractivity contribution in [2.45, 2.75) is 71.3 Å². The Bertz CT molecular complexity index is 230. The van der Waals surface area contributed by atoms with Gasteiger partial charge in [0.1, 0.15) is 5.60 Å². The van der Waals surface area contributed by atoms with Gasteiger partial charge in [-0.2, -0.15) is 0 Å². The molecular weight excluding hydrogens is 200 g/mol. The fraction of sp³-hybridized carbons (Fsp3) is 0.786. The number of unbranched alkanes of at least 4 members (excludes halogenated alkanes) is 5. The molecule has 0 aliphatic rings. The van der Waals surface area contributed by atoms with E-state index in [1.807, 2.05) is 20.8 Å². The van der Waals surface area contributed by atoms with Gasteiger partial charge < -0.3 is 4.74 Å².